The molecule has 1 saturated heterocycles. The molecule has 4 aromatic carbocycles. The molecule has 6 rings (SSSR count). The van der Waals surface area contributed by atoms with Crippen molar-refractivity contribution in [1.82, 2.24) is 9.55 Å². The summed E-state index contributed by atoms with van der Waals surface area (Å²) in [5, 5.41) is 11.9. The second-order valence-corrected chi connectivity index (χ2v) is 14.8. The van der Waals surface area contributed by atoms with Crippen LogP contribution in [0.15, 0.2) is 125 Å². The number of benzene rings is 4. The monoisotopic (exact) mass is 750 g/mol. The topological polar surface area (TPSA) is 112 Å². The summed E-state index contributed by atoms with van der Waals surface area (Å²) in [5.74, 6) is 1.41. The number of aromatic nitrogens is 2. The zero-order chi connectivity index (χ0) is 33.0. The molecule has 0 radical (unpaired) electrons. The van der Waals surface area contributed by atoms with Gasteiger partial charge in [-0.1, -0.05) is 0 Å². The predicted molar refractivity (Wildman–Crippen MR) is 180 cm³/mol. The summed E-state index contributed by atoms with van der Waals surface area (Å²) in [6, 6.07) is 35.3. The number of aliphatic hydroxyl groups is 1. The first-order valence-corrected chi connectivity index (χ1v) is 17.7. The molecule has 47 heavy (non-hydrogen) atoms. The third-order valence-corrected chi connectivity index (χ3v) is 12.2. The number of nitrogens with zero attached hydrogens (tertiary/aromatic N) is 1. The van der Waals surface area contributed by atoms with Crippen LogP contribution in [-0.2, 0) is 15.1 Å². The van der Waals surface area contributed by atoms with E-state index in [1.807, 2.05) is 109 Å². The van der Waals surface area contributed by atoms with Gasteiger partial charge in [0.15, 0.2) is 0 Å². The van der Waals surface area contributed by atoms with Gasteiger partial charge in [-0.2, -0.15) is 0 Å². The van der Waals surface area contributed by atoms with Gasteiger partial charge in [-0.15, -0.1) is 0 Å². The fourth-order valence-corrected chi connectivity index (χ4v) is 9.50. The molecular formula is C37H36N2O7Te. The molecule has 2 unspecified atom stereocenters. The predicted octanol–water partition coefficient (Wildman–Crippen LogP) is 3.95. The number of aliphatic hydroxyl groups excluding tert-OH is 1. The molecule has 5 aromatic rings. The third kappa shape index (κ3) is 6.66. The Bertz CT molecular complexity index is 1850. The number of hydrogen-bond acceptors (Lipinski definition) is 7. The van der Waals surface area contributed by atoms with Crippen molar-refractivity contribution in [3.05, 3.63) is 158 Å². The van der Waals surface area contributed by atoms with Crippen molar-refractivity contribution >= 4 is 24.5 Å². The van der Waals surface area contributed by atoms with E-state index < -0.39 is 56.2 Å². The van der Waals surface area contributed by atoms with Crippen LogP contribution in [0.2, 0.25) is 3.97 Å². The van der Waals surface area contributed by atoms with Crippen LogP contribution in [0, 0.1) is 6.92 Å². The van der Waals surface area contributed by atoms with E-state index in [9.17, 15) is 14.7 Å². The molecule has 0 amide bonds. The van der Waals surface area contributed by atoms with Crippen LogP contribution in [0.5, 0.6) is 11.5 Å². The van der Waals surface area contributed by atoms with Crippen LogP contribution in [0.3, 0.4) is 0 Å². The number of methoxy groups -OCH3 is 2. The first-order valence-electron chi connectivity index (χ1n) is 15.2. The van der Waals surface area contributed by atoms with Crippen molar-refractivity contribution in [2.24, 2.45) is 0 Å². The minimum atomic E-state index is -1.11. The number of H-pyrrole nitrogens is 1. The molecule has 242 valence electrons. The SMILES string of the molecule is COc1ccc(C(OC[C@@H]2O[C@H](n3cc(C)c(=O)[nH]c3=O)C([Te]c3ccccc3)C2O)(c2ccccc2)c2ccc(OC)cc2)cc1. The maximum absolute atomic E-state index is 13.1. The van der Waals surface area contributed by atoms with E-state index in [0.717, 1.165) is 20.3 Å². The van der Waals surface area contributed by atoms with Gasteiger partial charge in [-0.3, -0.25) is 0 Å². The molecule has 1 aromatic heterocycles. The molecule has 9 nitrogen and oxygen atoms in total. The summed E-state index contributed by atoms with van der Waals surface area (Å²) >= 11 is -1.07. The van der Waals surface area contributed by atoms with Crippen molar-refractivity contribution in [3.63, 3.8) is 0 Å². The Balaban J connectivity index is 1.42. The van der Waals surface area contributed by atoms with Gasteiger partial charge in [0, 0.05) is 0 Å². The zero-order valence-corrected chi connectivity index (χ0v) is 28.6. The number of aromatic amines is 1. The Kier molecular flexibility index (Phi) is 9.97. The second kappa shape index (κ2) is 14.3. The first kappa shape index (κ1) is 32.8. The Morgan fingerprint density at radius 2 is 1.34 bits per heavy atom. The number of rotatable bonds is 11. The van der Waals surface area contributed by atoms with E-state index >= 15 is 0 Å². The number of aryl methyl sites for hydroxylation is 1. The summed E-state index contributed by atoms with van der Waals surface area (Å²) < 4.78 is 26.7. The molecule has 0 spiro atoms. The van der Waals surface area contributed by atoms with E-state index in [1.54, 1.807) is 21.1 Å². The van der Waals surface area contributed by atoms with Gasteiger partial charge in [0.05, 0.1) is 0 Å². The quantitative estimate of drug-likeness (QED) is 0.156. The molecule has 2 heterocycles. The Morgan fingerprint density at radius 1 is 0.809 bits per heavy atom. The molecule has 1 aliphatic rings. The summed E-state index contributed by atoms with van der Waals surface area (Å²) in [6.45, 7) is 1.64. The molecule has 4 atom stereocenters. The standard InChI is InChI=1S/C37H36N2O7Te/c1-24-22-39(36(42)38-34(24)41)35-33(47-30-12-8-5-9-13-30)32(40)31(46-35)23-45-37(25-10-6-4-7-11-25,26-14-18-28(43-2)19-15-26)27-16-20-29(44-3)21-17-27/h4-22,31-33,35,40H,23H2,1-3H3,(H,38,41,42)/t31-,32?,33?,35-/m0/s1. The van der Waals surface area contributed by atoms with Crippen molar-refractivity contribution in [2.75, 3.05) is 20.8 Å². The maximum atomic E-state index is 13.1. The van der Waals surface area contributed by atoms with Gasteiger partial charge >= 0.3 is 284 Å². The van der Waals surface area contributed by atoms with Gasteiger partial charge in [0.1, 0.15) is 0 Å². The van der Waals surface area contributed by atoms with Crippen LogP contribution >= 0.6 is 0 Å². The fraction of sp³-hybridized carbons (Fsp3) is 0.243. The van der Waals surface area contributed by atoms with Crippen LogP contribution in [0.4, 0.5) is 0 Å². The summed E-state index contributed by atoms with van der Waals surface area (Å²) in [5.41, 5.74) is 0.803. The van der Waals surface area contributed by atoms with Gasteiger partial charge < -0.3 is 0 Å². The van der Waals surface area contributed by atoms with E-state index in [2.05, 4.69) is 4.98 Å². The number of nitrogens with one attached hydrogen (secondary N) is 1. The zero-order valence-electron chi connectivity index (χ0n) is 26.2. The molecule has 0 saturated carbocycles. The minimum absolute atomic E-state index is 0.0000382. The number of hydrogen-bond donors (Lipinski definition) is 2. The van der Waals surface area contributed by atoms with Crippen molar-refractivity contribution < 1.29 is 24.1 Å². The third-order valence-electron chi connectivity index (χ3n) is 8.39. The number of ether oxygens (including phenoxy) is 4. The van der Waals surface area contributed by atoms with Crippen LogP contribution in [0.1, 0.15) is 28.5 Å². The van der Waals surface area contributed by atoms with E-state index in [0.29, 0.717) is 17.1 Å². The van der Waals surface area contributed by atoms with Crippen LogP contribution in [0.25, 0.3) is 0 Å². The van der Waals surface area contributed by atoms with Gasteiger partial charge in [-0.25, -0.2) is 0 Å². The van der Waals surface area contributed by atoms with Gasteiger partial charge in [-0.05, 0) is 0 Å². The second-order valence-electron chi connectivity index (χ2n) is 11.2. The Hall–Kier alpha value is -4.17. The van der Waals surface area contributed by atoms with Crippen molar-refractivity contribution in [2.45, 2.75) is 34.9 Å². The molecule has 0 bridgehead atoms. The molecule has 1 aliphatic heterocycles. The molecule has 0 aliphatic carbocycles. The average molecular weight is 748 g/mol. The average Bonchev–Trinajstić information content (AvgIpc) is 3.41. The fourth-order valence-electron chi connectivity index (χ4n) is 5.92. The van der Waals surface area contributed by atoms with Gasteiger partial charge in [0.25, 0.3) is 0 Å². The summed E-state index contributed by atoms with van der Waals surface area (Å²) in [7, 11) is 3.25. The molecule has 1 fully saturated rings. The molecule has 2 N–H and O–H groups in total. The van der Waals surface area contributed by atoms with Crippen LogP contribution < -0.4 is 24.3 Å². The van der Waals surface area contributed by atoms with Crippen molar-refractivity contribution in [3.8, 4) is 11.5 Å². The molecule has 10 heteroatoms. The Labute approximate surface area is 282 Å². The summed E-state index contributed by atoms with van der Waals surface area (Å²) in [6.07, 6.45) is -1.01. The molecular weight excluding hydrogens is 712 g/mol. The Morgan fingerprint density at radius 3 is 1.89 bits per heavy atom. The first-order chi connectivity index (χ1) is 22.8. The van der Waals surface area contributed by atoms with E-state index in [-0.39, 0.29) is 10.6 Å². The van der Waals surface area contributed by atoms with Crippen LogP contribution in [-0.4, -0.2) is 68.6 Å². The van der Waals surface area contributed by atoms with E-state index in [4.69, 9.17) is 18.9 Å². The van der Waals surface area contributed by atoms with E-state index in [1.165, 1.54) is 10.8 Å². The summed E-state index contributed by atoms with van der Waals surface area (Å²) in [4.78, 5) is 27.7. The van der Waals surface area contributed by atoms with Crippen molar-refractivity contribution in [1.29, 1.82) is 0 Å². The van der Waals surface area contributed by atoms with Gasteiger partial charge in [0.2, 0.25) is 0 Å². The normalized spacial score (nSPS) is 19.4.